The highest BCUT2D eigenvalue weighted by Gasteiger charge is 2.11. The van der Waals surface area contributed by atoms with E-state index >= 15 is 0 Å². The Morgan fingerprint density at radius 3 is 1.51 bits per heavy atom. The van der Waals surface area contributed by atoms with Crippen LogP contribution in [-0.2, 0) is 0 Å². The number of aromatic nitrogens is 4. The smallest absolute Gasteiger partial charge is 0.148 e. The van der Waals surface area contributed by atoms with Gasteiger partial charge in [0.1, 0.15) is 38.1 Å². The average Bonchev–Trinajstić information content (AvgIpc) is 3.40. The molecule has 11 heteroatoms. The lowest BCUT2D eigenvalue weighted by molar-refractivity contribution is 0.626. The molecule has 0 aliphatic heterocycles. The number of nitrogens with zero attached hydrogens (tertiary/aromatic N) is 4. The number of rotatable bonds is 2. The first-order valence-corrected chi connectivity index (χ1v) is 20.6. The highest BCUT2D eigenvalue weighted by molar-refractivity contribution is 14.1. The maximum Gasteiger partial charge on any atom is 0.148 e. The lowest BCUT2D eigenvalue weighted by atomic mass is 10.3. The van der Waals surface area contributed by atoms with Crippen molar-refractivity contribution in [2.45, 2.75) is 39.3 Å². The molecule has 0 saturated carbocycles. The third-order valence-electron chi connectivity index (χ3n) is 4.53. The van der Waals surface area contributed by atoms with Crippen molar-refractivity contribution in [1.82, 2.24) is 19.6 Å². The van der Waals surface area contributed by atoms with Gasteiger partial charge in [-0.25, -0.2) is 18.1 Å². The maximum absolute atomic E-state index is 12.9. The fourth-order valence-electron chi connectivity index (χ4n) is 2.51. The van der Waals surface area contributed by atoms with Crippen molar-refractivity contribution in [2.75, 3.05) is 0 Å². The van der Waals surface area contributed by atoms with Crippen molar-refractivity contribution in [2.24, 2.45) is 0 Å². The molecule has 0 bridgehead atoms. The van der Waals surface area contributed by atoms with Gasteiger partial charge in [0.2, 0.25) is 0 Å². The van der Waals surface area contributed by atoms with Crippen molar-refractivity contribution in [3.05, 3.63) is 92.0 Å². The molecular formula is C28H29Cl2F2IN4Si2. The summed E-state index contributed by atoms with van der Waals surface area (Å²) in [6, 6.07) is 12.0. The molecule has 0 amide bonds. The zero-order valence-corrected chi connectivity index (χ0v) is 28.2. The Kier molecular flexibility index (Phi) is 12.0. The minimum absolute atomic E-state index is 0.272. The van der Waals surface area contributed by atoms with Gasteiger partial charge in [0.05, 0.1) is 32.9 Å². The Balaban J connectivity index is 0.000000234. The molecule has 0 unspecified atom stereocenters. The van der Waals surface area contributed by atoms with Gasteiger partial charge in [0.25, 0.3) is 0 Å². The van der Waals surface area contributed by atoms with E-state index in [0.29, 0.717) is 21.6 Å². The second-order valence-corrected chi connectivity index (χ2v) is 21.7. The first kappa shape index (κ1) is 32.8. The number of hydrogen-bond acceptors (Lipinski definition) is 2. The van der Waals surface area contributed by atoms with Crippen LogP contribution >= 0.6 is 45.8 Å². The molecular weight excluding hydrogens is 684 g/mol. The van der Waals surface area contributed by atoms with Gasteiger partial charge in [0, 0.05) is 0 Å². The normalized spacial score (nSPS) is 10.7. The van der Waals surface area contributed by atoms with Gasteiger partial charge in [0.15, 0.2) is 0 Å². The minimum atomic E-state index is -1.45. The van der Waals surface area contributed by atoms with Gasteiger partial charge >= 0.3 is 0 Å². The Labute approximate surface area is 254 Å². The predicted molar refractivity (Wildman–Crippen MR) is 172 cm³/mol. The zero-order chi connectivity index (χ0) is 29.4. The van der Waals surface area contributed by atoms with Gasteiger partial charge in [-0.2, -0.15) is 10.2 Å². The highest BCUT2D eigenvalue weighted by Crippen LogP contribution is 2.22. The van der Waals surface area contributed by atoms with E-state index in [-0.39, 0.29) is 11.6 Å². The number of benzene rings is 2. The lowest BCUT2D eigenvalue weighted by Crippen LogP contribution is -2.16. The molecule has 4 nitrogen and oxygen atoms in total. The number of terminal acetylenes is 1. The van der Waals surface area contributed by atoms with Gasteiger partial charge in [-0.3, -0.25) is 0 Å². The van der Waals surface area contributed by atoms with Crippen LogP contribution in [0.5, 0.6) is 0 Å². The standard InChI is InChI=1S/C14H14ClFN2Si.C9H5ClFIN2.C5H10Si/c1-19(2,3)9-8-11-10-17-18(14(11)15)13-6-4-12(16)5-7-13;10-9-8(12)5-13-14(9)7-3-1-6(11)2-4-7;1-5-6(2,3)4/h4-7,10H,1-3H3;1-5H;1H,2-4H3. The monoisotopic (exact) mass is 712 g/mol. The summed E-state index contributed by atoms with van der Waals surface area (Å²) >= 11 is 14.3. The molecule has 2 aromatic heterocycles. The summed E-state index contributed by atoms with van der Waals surface area (Å²) in [5, 5.41) is 9.26. The van der Waals surface area contributed by atoms with Crippen LogP contribution in [0.4, 0.5) is 8.78 Å². The molecule has 0 fully saturated rings. The fourth-order valence-corrected chi connectivity index (χ4v) is 3.80. The van der Waals surface area contributed by atoms with Crippen LogP contribution in [0.1, 0.15) is 5.56 Å². The summed E-state index contributed by atoms with van der Waals surface area (Å²) in [4.78, 5) is 0. The Hall–Kier alpha value is -2.42. The predicted octanol–water partition coefficient (Wildman–Crippen LogP) is 8.66. The topological polar surface area (TPSA) is 35.6 Å². The van der Waals surface area contributed by atoms with E-state index in [2.05, 4.69) is 89.1 Å². The molecule has 2 heterocycles. The second-order valence-electron chi connectivity index (χ2n) is 10.3. The number of hydrogen-bond donors (Lipinski definition) is 0. The molecule has 0 atom stereocenters. The van der Waals surface area contributed by atoms with Crippen LogP contribution in [0.3, 0.4) is 0 Å². The highest BCUT2D eigenvalue weighted by atomic mass is 127. The lowest BCUT2D eigenvalue weighted by Gasteiger charge is -2.03. The van der Waals surface area contributed by atoms with Crippen LogP contribution in [0.2, 0.25) is 49.6 Å². The average molecular weight is 714 g/mol. The Bertz CT molecular complexity index is 1490. The SMILES string of the molecule is C#C[Si](C)(C)C.C[Si](C)(C)C#Cc1cnn(-c2ccc(F)cc2)c1Cl.Fc1ccc(-n2ncc(I)c2Cl)cc1. The first-order chi connectivity index (χ1) is 18.1. The van der Waals surface area contributed by atoms with Gasteiger partial charge < -0.3 is 0 Å². The molecule has 39 heavy (non-hydrogen) atoms. The summed E-state index contributed by atoms with van der Waals surface area (Å²) in [5.41, 5.74) is 8.15. The molecule has 0 radical (unpaired) electrons. The van der Waals surface area contributed by atoms with Crippen LogP contribution in [0.25, 0.3) is 11.4 Å². The Morgan fingerprint density at radius 1 is 0.744 bits per heavy atom. The summed E-state index contributed by atoms with van der Waals surface area (Å²) < 4.78 is 29.5. The molecule has 0 spiro atoms. The van der Waals surface area contributed by atoms with Gasteiger partial charge in [-0.1, -0.05) is 68.4 Å². The van der Waals surface area contributed by atoms with E-state index in [9.17, 15) is 8.78 Å². The summed E-state index contributed by atoms with van der Waals surface area (Å²) in [7, 11) is -2.55. The molecule has 4 aromatic rings. The van der Waals surface area contributed by atoms with E-state index in [4.69, 9.17) is 29.6 Å². The van der Waals surface area contributed by atoms with Crippen LogP contribution in [0, 0.1) is 38.6 Å². The zero-order valence-electron chi connectivity index (χ0n) is 22.5. The molecule has 4 rings (SSSR count). The molecule has 0 saturated heterocycles. The summed E-state index contributed by atoms with van der Waals surface area (Å²) in [6.07, 6.45) is 8.41. The van der Waals surface area contributed by atoms with Crippen LogP contribution in [-0.4, -0.2) is 35.7 Å². The van der Waals surface area contributed by atoms with Crippen molar-refractivity contribution in [1.29, 1.82) is 0 Å². The first-order valence-electron chi connectivity index (χ1n) is 11.8. The third kappa shape index (κ3) is 10.9. The van der Waals surface area contributed by atoms with Crippen LogP contribution in [0.15, 0.2) is 60.9 Å². The van der Waals surface area contributed by atoms with E-state index in [0.717, 1.165) is 9.26 Å². The maximum atomic E-state index is 12.9. The van der Waals surface area contributed by atoms with E-state index in [1.165, 1.54) is 24.3 Å². The van der Waals surface area contributed by atoms with E-state index in [1.807, 2.05) is 0 Å². The van der Waals surface area contributed by atoms with Gasteiger partial charge in [-0.05, 0) is 71.1 Å². The van der Waals surface area contributed by atoms with Crippen molar-refractivity contribution < 1.29 is 8.78 Å². The minimum Gasteiger partial charge on any atom is -0.221 e. The molecule has 0 N–H and O–H groups in total. The molecule has 0 aliphatic rings. The van der Waals surface area contributed by atoms with E-state index in [1.54, 1.807) is 46.0 Å². The second kappa shape index (κ2) is 14.3. The van der Waals surface area contributed by atoms with E-state index < -0.39 is 16.1 Å². The van der Waals surface area contributed by atoms with Gasteiger partial charge in [-0.15, -0.1) is 17.5 Å². The quantitative estimate of drug-likeness (QED) is 0.119. The van der Waals surface area contributed by atoms with Crippen molar-refractivity contribution in [3.63, 3.8) is 0 Å². The largest absolute Gasteiger partial charge is 0.221 e. The third-order valence-corrected chi connectivity index (χ3v) is 8.10. The number of halogens is 5. The Morgan fingerprint density at radius 2 is 1.15 bits per heavy atom. The van der Waals surface area contributed by atoms with Crippen LogP contribution < -0.4 is 0 Å². The summed E-state index contributed by atoms with van der Waals surface area (Å²) in [6.45, 7) is 12.9. The summed E-state index contributed by atoms with van der Waals surface area (Å²) in [5.74, 6) is 2.52. The van der Waals surface area contributed by atoms with Crippen molar-refractivity contribution in [3.8, 4) is 34.8 Å². The molecule has 204 valence electrons. The fraction of sp³-hybridized carbons (Fsp3) is 0.214. The molecule has 2 aromatic carbocycles. The van der Waals surface area contributed by atoms with Crippen molar-refractivity contribution >= 4 is 61.9 Å². The molecule has 0 aliphatic carbocycles.